The van der Waals surface area contributed by atoms with E-state index in [0.29, 0.717) is 6.07 Å². The van der Waals surface area contributed by atoms with Crippen molar-refractivity contribution in [1.82, 2.24) is 9.38 Å². The molecule has 0 unspecified atom stereocenters. The van der Waals surface area contributed by atoms with Crippen molar-refractivity contribution in [2.75, 3.05) is 0 Å². The lowest BCUT2D eigenvalue weighted by molar-refractivity contribution is -0.136. The molecule has 0 saturated heterocycles. The van der Waals surface area contributed by atoms with Crippen molar-refractivity contribution in [2.45, 2.75) is 6.18 Å². The Morgan fingerprint density at radius 2 is 2.16 bits per heavy atom. The van der Waals surface area contributed by atoms with Gasteiger partial charge in [0.05, 0.1) is 0 Å². The number of imidazole rings is 1. The van der Waals surface area contributed by atoms with Crippen LogP contribution in [0.4, 0.5) is 13.2 Å². The second-order valence-electron chi connectivity index (χ2n) is 3.53. The van der Waals surface area contributed by atoms with Crippen LogP contribution in [0.5, 0.6) is 0 Å². The van der Waals surface area contributed by atoms with Gasteiger partial charge in [-0.1, -0.05) is 17.5 Å². The van der Waals surface area contributed by atoms with E-state index in [-0.39, 0.29) is 5.56 Å². The minimum atomic E-state index is -4.72. The Hall–Kier alpha value is -2.20. The SMILES string of the molecule is C#Cc1cc(C(F)(F)F)c2nc(C(=O)O)c(Cl)n2c1. The number of terminal acetylenes is 1. The van der Waals surface area contributed by atoms with Gasteiger partial charge in [0.1, 0.15) is 10.7 Å². The highest BCUT2D eigenvalue weighted by atomic mass is 35.5. The zero-order valence-corrected chi connectivity index (χ0v) is 9.75. The first-order valence-corrected chi connectivity index (χ1v) is 5.12. The summed E-state index contributed by atoms with van der Waals surface area (Å²) in [6, 6.07) is 0.713. The summed E-state index contributed by atoms with van der Waals surface area (Å²) in [7, 11) is 0. The van der Waals surface area contributed by atoms with Gasteiger partial charge in [-0.3, -0.25) is 4.40 Å². The number of alkyl halides is 3. The minimum Gasteiger partial charge on any atom is -0.476 e. The van der Waals surface area contributed by atoms with Crippen LogP contribution >= 0.6 is 11.6 Å². The molecule has 8 heteroatoms. The molecule has 0 bridgehead atoms. The van der Waals surface area contributed by atoms with Crippen molar-refractivity contribution in [2.24, 2.45) is 0 Å². The summed E-state index contributed by atoms with van der Waals surface area (Å²) < 4.78 is 39.4. The molecule has 4 nitrogen and oxygen atoms in total. The highest BCUT2D eigenvalue weighted by molar-refractivity contribution is 6.32. The highest BCUT2D eigenvalue weighted by Crippen LogP contribution is 2.34. The van der Waals surface area contributed by atoms with Gasteiger partial charge in [-0.2, -0.15) is 13.2 Å². The van der Waals surface area contributed by atoms with E-state index < -0.39 is 34.2 Å². The number of carbonyl (C=O) groups is 1. The maximum Gasteiger partial charge on any atom is 0.420 e. The molecule has 19 heavy (non-hydrogen) atoms. The average molecular weight is 289 g/mol. The second kappa shape index (κ2) is 4.17. The summed E-state index contributed by atoms with van der Waals surface area (Å²) in [5.74, 6) is 0.519. The molecular weight excluding hydrogens is 285 g/mol. The van der Waals surface area contributed by atoms with Crippen molar-refractivity contribution in [1.29, 1.82) is 0 Å². The Labute approximate surface area is 109 Å². The van der Waals surface area contributed by atoms with Crippen LogP contribution < -0.4 is 0 Å². The molecule has 0 radical (unpaired) electrons. The molecule has 2 rings (SSSR count). The van der Waals surface area contributed by atoms with E-state index in [4.69, 9.17) is 23.1 Å². The molecule has 0 aromatic carbocycles. The number of aromatic nitrogens is 2. The topological polar surface area (TPSA) is 54.6 Å². The largest absolute Gasteiger partial charge is 0.476 e. The molecule has 0 aliphatic carbocycles. The van der Waals surface area contributed by atoms with Crippen molar-refractivity contribution < 1.29 is 23.1 Å². The van der Waals surface area contributed by atoms with Gasteiger partial charge in [0.25, 0.3) is 0 Å². The van der Waals surface area contributed by atoms with E-state index in [1.165, 1.54) is 0 Å². The predicted molar refractivity (Wildman–Crippen MR) is 60.1 cm³/mol. The lowest BCUT2D eigenvalue weighted by atomic mass is 10.2. The molecule has 0 aliphatic heterocycles. The summed E-state index contributed by atoms with van der Waals surface area (Å²) in [5, 5.41) is 8.37. The van der Waals surface area contributed by atoms with Gasteiger partial charge in [0.15, 0.2) is 11.3 Å². The maximum absolute atomic E-state index is 12.9. The predicted octanol–water partition coefficient (Wildman–Crippen LogP) is 2.69. The number of carboxylic acid groups (broad SMARTS) is 1. The molecule has 2 aromatic rings. The van der Waals surface area contributed by atoms with Gasteiger partial charge in [0, 0.05) is 11.8 Å². The van der Waals surface area contributed by atoms with Gasteiger partial charge in [0.2, 0.25) is 0 Å². The summed E-state index contributed by atoms with van der Waals surface area (Å²) in [4.78, 5) is 14.2. The first-order chi connectivity index (χ1) is 8.75. The van der Waals surface area contributed by atoms with E-state index >= 15 is 0 Å². The van der Waals surface area contributed by atoms with Crippen LogP contribution in [0.15, 0.2) is 12.3 Å². The van der Waals surface area contributed by atoms with Gasteiger partial charge in [-0.25, -0.2) is 9.78 Å². The van der Waals surface area contributed by atoms with Crippen molar-refractivity contribution in [3.05, 3.63) is 34.2 Å². The number of fused-ring (bicyclic) bond motifs is 1. The first-order valence-electron chi connectivity index (χ1n) is 4.74. The van der Waals surface area contributed by atoms with Crippen LogP contribution in [0.25, 0.3) is 5.65 Å². The van der Waals surface area contributed by atoms with E-state index in [0.717, 1.165) is 10.6 Å². The van der Waals surface area contributed by atoms with Crippen LogP contribution in [0, 0.1) is 12.3 Å². The summed E-state index contributed by atoms with van der Waals surface area (Å²) in [6.45, 7) is 0. The third-order valence-corrected chi connectivity index (χ3v) is 2.70. The summed E-state index contributed by atoms with van der Waals surface area (Å²) in [5.41, 5.74) is -2.50. The van der Waals surface area contributed by atoms with Gasteiger partial charge in [-0.15, -0.1) is 6.42 Å². The number of aromatic carboxylic acids is 1. The highest BCUT2D eigenvalue weighted by Gasteiger charge is 2.35. The number of halogens is 4. The standard InChI is InChI=1S/C11H4ClF3N2O2/c1-2-5-3-6(11(13,14)15)9-16-7(10(18)19)8(12)17(9)4-5/h1,3-4H,(H,18,19). The van der Waals surface area contributed by atoms with Crippen LogP contribution in [0.2, 0.25) is 5.15 Å². The number of pyridine rings is 1. The van der Waals surface area contributed by atoms with Crippen molar-refractivity contribution >= 4 is 23.2 Å². The van der Waals surface area contributed by atoms with Crippen LogP contribution in [-0.4, -0.2) is 20.5 Å². The minimum absolute atomic E-state index is 0.0870. The fourth-order valence-electron chi connectivity index (χ4n) is 1.54. The Morgan fingerprint density at radius 3 is 2.63 bits per heavy atom. The average Bonchev–Trinajstić information content (AvgIpc) is 2.64. The zero-order valence-electron chi connectivity index (χ0n) is 8.99. The molecule has 0 aliphatic rings. The van der Waals surface area contributed by atoms with Crippen molar-refractivity contribution in [3.8, 4) is 12.3 Å². The summed E-state index contributed by atoms with van der Waals surface area (Å²) >= 11 is 5.69. The Balaban J connectivity index is 2.93. The van der Waals surface area contributed by atoms with Crippen molar-refractivity contribution in [3.63, 3.8) is 0 Å². The molecule has 98 valence electrons. The Kier molecular flexibility index (Phi) is 2.91. The molecule has 0 amide bonds. The quantitative estimate of drug-likeness (QED) is 0.821. The summed E-state index contributed by atoms with van der Waals surface area (Å²) in [6.07, 6.45) is 1.45. The van der Waals surface area contributed by atoms with E-state index in [1.54, 1.807) is 0 Å². The lowest BCUT2D eigenvalue weighted by Gasteiger charge is -2.08. The number of rotatable bonds is 1. The van der Waals surface area contributed by atoms with E-state index in [1.807, 2.05) is 5.92 Å². The number of hydrogen-bond acceptors (Lipinski definition) is 2. The molecule has 1 N–H and O–H groups in total. The molecule has 0 saturated carbocycles. The lowest BCUT2D eigenvalue weighted by Crippen LogP contribution is -2.08. The molecular formula is C11H4ClF3N2O2. The molecule has 0 fully saturated rings. The number of nitrogens with zero attached hydrogens (tertiary/aromatic N) is 2. The van der Waals surface area contributed by atoms with Gasteiger partial charge in [-0.05, 0) is 6.07 Å². The van der Waals surface area contributed by atoms with Crippen LogP contribution in [0.1, 0.15) is 21.6 Å². The van der Waals surface area contributed by atoms with E-state index in [2.05, 4.69) is 4.98 Å². The third-order valence-electron chi connectivity index (χ3n) is 2.34. The molecule has 2 heterocycles. The fourth-order valence-corrected chi connectivity index (χ4v) is 1.79. The normalized spacial score (nSPS) is 11.5. The molecule has 0 atom stereocenters. The number of hydrogen-bond donors (Lipinski definition) is 1. The number of carboxylic acids is 1. The fraction of sp³-hybridized carbons (Fsp3) is 0.0909. The Bertz CT molecular complexity index is 728. The second-order valence-corrected chi connectivity index (χ2v) is 3.89. The maximum atomic E-state index is 12.9. The monoisotopic (exact) mass is 288 g/mol. The molecule has 0 spiro atoms. The smallest absolute Gasteiger partial charge is 0.420 e. The Morgan fingerprint density at radius 1 is 1.53 bits per heavy atom. The van der Waals surface area contributed by atoms with Gasteiger partial charge >= 0.3 is 12.1 Å². The third kappa shape index (κ3) is 2.11. The first kappa shape index (κ1) is 13.2. The zero-order chi connectivity index (χ0) is 14.4. The van der Waals surface area contributed by atoms with Crippen LogP contribution in [0.3, 0.4) is 0 Å². The van der Waals surface area contributed by atoms with Gasteiger partial charge < -0.3 is 5.11 Å². The van der Waals surface area contributed by atoms with Crippen LogP contribution in [-0.2, 0) is 6.18 Å². The molecule has 2 aromatic heterocycles. The van der Waals surface area contributed by atoms with E-state index in [9.17, 15) is 18.0 Å².